The van der Waals surface area contributed by atoms with Gasteiger partial charge in [-0.1, -0.05) is 18.0 Å². The first-order valence-electron chi connectivity index (χ1n) is 8.85. The van der Waals surface area contributed by atoms with Crippen LogP contribution in [0.2, 0.25) is 5.02 Å². The third-order valence-corrected chi connectivity index (χ3v) is 5.33. The number of benzene rings is 1. The quantitative estimate of drug-likeness (QED) is 0.883. The molecule has 0 spiro atoms. The molecule has 2 heterocycles. The molecule has 2 aliphatic heterocycles. The zero-order chi connectivity index (χ0) is 16.9. The van der Waals surface area contributed by atoms with Crippen LogP contribution in [0.1, 0.15) is 32.1 Å². The maximum atomic E-state index is 13.2. The van der Waals surface area contributed by atoms with Crippen molar-refractivity contribution in [1.29, 1.82) is 0 Å². The average molecular weight is 354 g/mol. The minimum Gasteiger partial charge on any atom is -0.325 e. The molecule has 0 aromatic heterocycles. The standard InChI is InChI=1S/C18H25ClFN3O/c19-16-12-15(4-5-17(16)20)21-18(24)23-10-6-14(7-11-23)13-22-8-2-1-3-9-22/h4-5,12,14H,1-3,6-11,13H2,(H,21,24). The number of rotatable bonds is 3. The summed E-state index contributed by atoms with van der Waals surface area (Å²) in [7, 11) is 0. The van der Waals surface area contributed by atoms with Gasteiger partial charge in [-0.05, 0) is 62.9 Å². The summed E-state index contributed by atoms with van der Waals surface area (Å²) in [5.41, 5.74) is 0.529. The van der Waals surface area contributed by atoms with Gasteiger partial charge in [0.1, 0.15) is 5.82 Å². The van der Waals surface area contributed by atoms with Crippen LogP contribution < -0.4 is 5.32 Å². The van der Waals surface area contributed by atoms with Crippen molar-refractivity contribution in [3.63, 3.8) is 0 Å². The fourth-order valence-electron chi connectivity index (χ4n) is 3.60. The Morgan fingerprint density at radius 3 is 2.54 bits per heavy atom. The van der Waals surface area contributed by atoms with Crippen LogP contribution in [0, 0.1) is 11.7 Å². The lowest BCUT2D eigenvalue weighted by molar-refractivity contribution is 0.142. The van der Waals surface area contributed by atoms with Crippen molar-refractivity contribution in [1.82, 2.24) is 9.80 Å². The van der Waals surface area contributed by atoms with Crippen molar-refractivity contribution in [2.75, 3.05) is 38.0 Å². The summed E-state index contributed by atoms with van der Waals surface area (Å²) in [6, 6.07) is 4.11. The van der Waals surface area contributed by atoms with Crippen LogP contribution in [0.3, 0.4) is 0 Å². The minimum absolute atomic E-state index is 0.0213. The van der Waals surface area contributed by atoms with Crippen molar-refractivity contribution in [2.24, 2.45) is 5.92 Å². The van der Waals surface area contributed by atoms with Gasteiger partial charge in [-0.3, -0.25) is 0 Å². The van der Waals surface area contributed by atoms with E-state index in [1.165, 1.54) is 57.1 Å². The number of hydrogen-bond acceptors (Lipinski definition) is 2. The Morgan fingerprint density at radius 1 is 1.17 bits per heavy atom. The van der Waals surface area contributed by atoms with E-state index < -0.39 is 5.82 Å². The summed E-state index contributed by atoms with van der Waals surface area (Å²) in [5, 5.41) is 2.82. The molecule has 2 saturated heterocycles. The smallest absolute Gasteiger partial charge is 0.321 e. The monoisotopic (exact) mass is 353 g/mol. The van der Waals surface area contributed by atoms with Gasteiger partial charge in [-0.15, -0.1) is 0 Å². The molecule has 132 valence electrons. The number of nitrogens with zero attached hydrogens (tertiary/aromatic N) is 2. The zero-order valence-corrected chi connectivity index (χ0v) is 14.7. The van der Waals surface area contributed by atoms with E-state index in [4.69, 9.17) is 11.6 Å². The first-order chi connectivity index (χ1) is 11.6. The second-order valence-corrected chi connectivity index (χ2v) is 7.26. The third kappa shape index (κ3) is 4.61. The Morgan fingerprint density at radius 2 is 1.88 bits per heavy atom. The van der Waals surface area contributed by atoms with Gasteiger partial charge in [0.25, 0.3) is 0 Å². The Hall–Kier alpha value is -1.33. The molecule has 3 rings (SSSR count). The topological polar surface area (TPSA) is 35.6 Å². The molecule has 0 bridgehead atoms. The van der Waals surface area contributed by atoms with E-state index >= 15 is 0 Å². The van der Waals surface area contributed by atoms with E-state index in [9.17, 15) is 9.18 Å². The van der Waals surface area contributed by atoms with Crippen molar-refractivity contribution < 1.29 is 9.18 Å². The largest absolute Gasteiger partial charge is 0.325 e. The molecule has 1 N–H and O–H groups in total. The Balaban J connectivity index is 1.45. The van der Waals surface area contributed by atoms with Crippen LogP contribution >= 0.6 is 11.6 Å². The number of carbonyl (C=O) groups is 1. The molecule has 1 aromatic carbocycles. The Kier molecular flexibility index (Phi) is 5.95. The minimum atomic E-state index is -0.479. The maximum Gasteiger partial charge on any atom is 0.321 e. The van der Waals surface area contributed by atoms with Crippen molar-refractivity contribution in [3.05, 3.63) is 29.0 Å². The van der Waals surface area contributed by atoms with Gasteiger partial charge in [0.15, 0.2) is 0 Å². The average Bonchev–Trinajstić information content (AvgIpc) is 2.60. The summed E-state index contributed by atoms with van der Waals surface area (Å²) >= 11 is 5.75. The number of likely N-dealkylation sites (tertiary alicyclic amines) is 2. The summed E-state index contributed by atoms with van der Waals surface area (Å²) in [5.74, 6) is 0.209. The fourth-order valence-corrected chi connectivity index (χ4v) is 3.78. The van der Waals surface area contributed by atoms with Gasteiger partial charge in [-0.2, -0.15) is 0 Å². The van der Waals surface area contributed by atoms with Crippen LogP contribution in [-0.4, -0.2) is 48.6 Å². The Bertz CT molecular complexity index is 569. The van der Waals surface area contributed by atoms with E-state index in [1.807, 2.05) is 4.90 Å². The lowest BCUT2D eigenvalue weighted by Gasteiger charge is -2.36. The Labute approximate surface area is 147 Å². The lowest BCUT2D eigenvalue weighted by Crippen LogP contribution is -2.44. The highest BCUT2D eigenvalue weighted by Gasteiger charge is 2.25. The van der Waals surface area contributed by atoms with E-state index in [2.05, 4.69) is 10.2 Å². The van der Waals surface area contributed by atoms with Gasteiger partial charge >= 0.3 is 6.03 Å². The van der Waals surface area contributed by atoms with Gasteiger partial charge in [-0.25, -0.2) is 9.18 Å². The predicted molar refractivity (Wildman–Crippen MR) is 95.0 cm³/mol. The van der Waals surface area contributed by atoms with Gasteiger partial charge in [0.2, 0.25) is 0 Å². The first kappa shape index (κ1) is 17.5. The lowest BCUT2D eigenvalue weighted by atomic mass is 9.95. The summed E-state index contributed by atoms with van der Waals surface area (Å²) < 4.78 is 13.2. The molecule has 0 atom stereocenters. The summed E-state index contributed by atoms with van der Waals surface area (Å²) in [6.07, 6.45) is 6.10. The molecule has 6 heteroatoms. The second-order valence-electron chi connectivity index (χ2n) is 6.85. The molecule has 0 unspecified atom stereocenters. The number of anilines is 1. The zero-order valence-electron chi connectivity index (χ0n) is 13.9. The van der Waals surface area contributed by atoms with Gasteiger partial charge in [0.05, 0.1) is 5.02 Å². The molecular weight excluding hydrogens is 329 g/mol. The molecule has 0 radical (unpaired) electrons. The number of nitrogens with one attached hydrogen (secondary N) is 1. The number of halogens is 2. The molecule has 1 aromatic rings. The number of urea groups is 1. The van der Waals surface area contributed by atoms with Gasteiger partial charge < -0.3 is 15.1 Å². The van der Waals surface area contributed by atoms with Gasteiger partial charge in [0, 0.05) is 25.3 Å². The van der Waals surface area contributed by atoms with E-state index in [1.54, 1.807) is 0 Å². The first-order valence-corrected chi connectivity index (χ1v) is 9.23. The van der Waals surface area contributed by atoms with Crippen molar-refractivity contribution >= 4 is 23.3 Å². The normalized spacial score (nSPS) is 20.2. The van der Waals surface area contributed by atoms with E-state index in [-0.39, 0.29) is 11.1 Å². The molecule has 0 aliphatic carbocycles. The van der Waals surface area contributed by atoms with Crippen molar-refractivity contribution in [2.45, 2.75) is 32.1 Å². The van der Waals surface area contributed by atoms with E-state index in [0.29, 0.717) is 11.6 Å². The number of piperidine rings is 2. The highest BCUT2D eigenvalue weighted by molar-refractivity contribution is 6.31. The van der Waals surface area contributed by atoms with Crippen molar-refractivity contribution in [3.8, 4) is 0 Å². The second kappa shape index (κ2) is 8.17. The molecule has 24 heavy (non-hydrogen) atoms. The third-order valence-electron chi connectivity index (χ3n) is 5.04. The predicted octanol–water partition coefficient (Wildman–Crippen LogP) is 4.21. The summed E-state index contributed by atoms with van der Waals surface area (Å²) in [6.45, 7) is 5.18. The molecule has 0 saturated carbocycles. The number of amides is 2. The molecular formula is C18H25ClFN3O. The van der Waals surface area contributed by atoms with Crippen LogP contribution in [0.15, 0.2) is 18.2 Å². The molecule has 4 nitrogen and oxygen atoms in total. The highest BCUT2D eigenvalue weighted by Crippen LogP contribution is 2.23. The van der Waals surface area contributed by atoms with Crippen LogP contribution in [-0.2, 0) is 0 Å². The van der Waals surface area contributed by atoms with Crippen LogP contribution in [0.5, 0.6) is 0 Å². The SMILES string of the molecule is O=C(Nc1ccc(F)c(Cl)c1)N1CCC(CN2CCCCC2)CC1. The summed E-state index contributed by atoms with van der Waals surface area (Å²) in [4.78, 5) is 16.7. The van der Waals surface area contributed by atoms with E-state index in [0.717, 1.165) is 25.9 Å². The fraction of sp³-hybridized carbons (Fsp3) is 0.611. The van der Waals surface area contributed by atoms with Crippen LogP contribution in [0.4, 0.5) is 14.9 Å². The maximum absolute atomic E-state index is 13.2. The number of hydrogen-bond donors (Lipinski definition) is 1. The number of carbonyl (C=O) groups excluding carboxylic acids is 1. The highest BCUT2D eigenvalue weighted by atomic mass is 35.5. The molecule has 2 amide bonds. The molecule has 2 fully saturated rings. The molecule has 2 aliphatic rings. The van der Waals surface area contributed by atoms with Crippen LogP contribution in [0.25, 0.3) is 0 Å².